The van der Waals surface area contributed by atoms with Crippen LogP contribution >= 0.6 is 0 Å². The van der Waals surface area contributed by atoms with Crippen LogP contribution in [-0.2, 0) is 94.9 Å². The van der Waals surface area contributed by atoms with Gasteiger partial charge in [0, 0.05) is 20.8 Å². The van der Waals surface area contributed by atoms with Crippen molar-refractivity contribution in [1.82, 2.24) is 16.0 Å². The van der Waals surface area contributed by atoms with E-state index in [1.165, 1.54) is 6.92 Å². The number of rotatable bonds is 27. The van der Waals surface area contributed by atoms with Gasteiger partial charge in [-0.15, -0.1) is 0 Å². The second-order valence-electron chi connectivity index (χ2n) is 27.5. The van der Waals surface area contributed by atoms with E-state index in [2.05, 4.69) is 16.0 Å². The topological polar surface area (TPSA) is 750 Å². The highest BCUT2D eigenvalue weighted by Crippen LogP contribution is 2.40. The molecule has 0 saturated carbocycles. The first-order valence-electron chi connectivity index (χ1n) is 34.5. The van der Waals surface area contributed by atoms with Crippen molar-refractivity contribution >= 4 is 17.7 Å². The molecule has 0 bridgehead atoms. The lowest BCUT2D eigenvalue weighted by atomic mass is 9.93. The number of hydrogen-bond acceptors (Lipinski definition) is 45. The van der Waals surface area contributed by atoms with Crippen LogP contribution in [0.3, 0.4) is 0 Å². The summed E-state index contributed by atoms with van der Waals surface area (Å²) in [7, 11) is 0. The first-order chi connectivity index (χ1) is 51.0. The summed E-state index contributed by atoms with van der Waals surface area (Å²) in [5.74, 6) is -2.74. The molecule has 9 aliphatic heterocycles. The second kappa shape index (κ2) is 38.5. The van der Waals surface area contributed by atoms with Gasteiger partial charge in [0.15, 0.2) is 56.6 Å². The predicted molar refractivity (Wildman–Crippen MR) is 330 cm³/mol. The number of amides is 3. The van der Waals surface area contributed by atoms with Gasteiger partial charge in [-0.2, -0.15) is 0 Å². The molecule has 9 saturated heterocycles. The fourth-order valence-electron chi connectivity index (χ4n) is 13.9. The molecule has 1 unspecified atom stereocenters. The van der Waals surface area contributed by atoms with Crippen molar-refractivity contribution in [2.45, 2.75) is 304 Å². The summed E-state index contributed by atoms with van der Waals surface area (Å²) in [5, 5.41) is 283. The van der Waals surface area contributed by atoms with E-state index < -0.39 is 347 Å². The summed E-state index contributed by atoms with van der Waals surface area (Å²) < 4.78 is 99.4. The monoisotopic (exact) mass is 1580 g/mol. The minimum Gasteiger partial charge on any atom is -0.394 e. The third kappa shape index (κ3) is 19.3. The molecule has 9 heterocycles. The van der Waals surface area contributed by atoms with E-state index in [-0.39, 0.29) is 0 Å². The zero-order valence-corrected chi connectivity index (χ0v) is 58.0. The highest BCUT2D eigenvalue weighted by Gasteiger charge is 2.61. The molecular weight excluding hydrogens is 1480 g/mol. The molecule has 28 N–H and O–H groups in total. The molecule has 0 aliphatic carbocycles. The van der Waals surface area contributed by atoms with Crippen LogP contribution in [0.15, 0.2) is 0 Å². The summed E-state index contributed by atoms with van der Waals surface area (Å²) in [6.07, 6.45) is -84.8. The van der Waals surface area contributed by atoms with Crippen LogP contribution < -0.4 is 16.0 Å². The van der Waals surface area contributed by atoms with Crippen molar-refractivity contribution in [2.24, 2.45) is 0 Å². The van der Waals surface area contributed by atoms with Gasteiger partial charge in [0.2, 0.25) is 17.7 Å². The van der Waals surface area contributed by atoms with Crippen molar-refractivity contribution in [3.05, 3.63) is 0 Å². The van der Waals surface area contributed by atoms with Gasteiger partial charge in [-0.05, 0) is 6.92 Å². The van der Waals surface area contributed by atoms with Gasteiger partial charge in [-0.25, -0.2) is 0 Å². The molecular formula is C60H101N3O45. The summed E-state index contributed by atoms with van der Waals surface area (Å²) in [6.45, 7) is -4.16. The molecule has 3 amide bonds. The van der Waals surface area contributed by atoms with Crippen molar-refractivity contribution in [3.63, 3.8) is 0 Å². The maximum absolute atomic E-state index is 13.1. The average Bonchev–Trinajstić information content (AvgIpc) is 0.768. The summed E-state index contributed by atoms with van der Waals surface area (Å²) in [6, 6.07) is -5.65. The first kappa shape index (κ1) is 88.7. The molecule has 0 aromatic carbocycles. The lowest BCUT2D eigenvalue weighted by molar-refractivity contribution is -0.399. The van der Waals surface area contributed by atoms with Crippen LogP contribution in [0.5, 0.6) is 0 Å². The number of carbonyl (C=O) groups excluding carboxylic acids is 3. The van der Waals surface area contributed by atoms with Gasteiger partial charge in [-0.1, -0.05) is 0 Å². The number of aliphatic hydroxyl groups excluding tert-OH is 25. The van der Waals surface area contributed by atoms with Crippen molar-refractivity contribution < 1.29 is 223 Å². The number of nitrogens with one attached hydrogen (secondary N) is 3. The van der Waals surface area contributed by atoms with Crippen molar-refractivity contribution in [1.29, 1.82) is 0 Å². The Bertz CT molecular complexity index is 2820. The summed E-state index contributed by atoms with van der Waals surface area (Å²) in [4.78, 5) is 38.4. The van der Waals surface area contributed by atoms with Crippen LogP contribution in [0, 0.1) is 0 Å². The number of hydrogen-bond donors (Lipinski definition) is 28. The molecule has 626 valence electrons. The van der Waals surface area contributed by atoms with Gasteiger partial charge in [-0.3, -0.25) is 14.4 Å². The molecule has 48 nitrogen and oxygen atoms in total. The summed E-state index contributed by atoms with van der Waals surface area (Å²) in [5.41, 5.74) is 0. The van der Waals surface area contributed by atoms with E-state index >= 15 is 0 Å². The number of ether oxygens (including phenoxy) is 17. The first-order valence-corrected chi connectivity index (χ1v) is 34.5. The van der Waals surface area contributed by atoms with E-state index in [0.717, 1.165) is 20.8 Å². The SMILES string of the molecule is CC(=O)N[C@H]1[C@H](O[C@H]2[C@H](O)[C@@H](NC(C)=O)C(O)O[C@@H]2CO[C@@H]2O[C@@H](C)[C@@H](O)[C@@H](O)[C@@H]2O)O[C@H](CO)[C@@H](O[C@@H]2O[C@H](CO[C@H]3O[C@H](CO)[C@@H](O)[C@H](O)[C@@H]3O)[C@@H](O)[C@H](O[C@H]3O[C@H](CO)[C@@H](O)[C@H](O)[C@@H]3O[C@@H]3O[C@H](CO)[C@@H](O[C@@H]4O[C@H](CO)[C@H](O)[C@H](O[C@H]5O[C@H](CO)[C@H](O)[C@H](O)[C@H]5O)[C@H]4O)[C@H](O)[C@H]3NC(C)=O)[C@@H]2O)[C@@H]1O. The van der Waals surface area contributed by atoms with Gasteiger partial charge in [0.05, 0.1) is 59.0 Å². The highest BCUT2D eigenvalue weighted by atomic mass is 16.8. The molecule has 9 rings (SSSR count). The normalized spacial score (nSPS) is 50.4. The van der Waals surface area contributed by atoms with E-state index in [9.17, 15) is 142 Å². The lowest BCUT2D eigenvalue weighted by Crippen LogP contribution is -2.71. The predicted octanol–water partition coefficient (Wildman–Crippen LogP) is -19.2. The Kier molecular flexibility index (Phi) is 31.6. The van der Waals surface area contributed by atoms with Gasteiger partial charge >= 0.3 is 0 Å². The number of aliphatic hydroxyl groups is 25. The lowest BCUT2D eigenvalue weighted by Gasteiger charge is -2.51. The van der Waals surface area contributed by atoms with Crippen molar-refractivity contribution in [2.75, 3.05) is 52.9 Å². The van der Waals surface area contributed by atoms with Crippen LogP contribution in [0.1, 0.15) is 27.7 Å². The largest absolute Gasteiger partial charge is 0.394 e. The highest BCUT2D eigenvalue weighted by molar-refractivity contribution is 5.74. The van der Waals surface area contributed by atoms with E-state index in [1.54, 1.807) is 0 Å². The standard InChI is InChI=1S/C60H101N3O45/c1-13-28(73)37(82)41(86)55(94-13)93-12-24-48(34(79)25(52(91)95-24)61-14(2)70)103-53-26(62-15(3)71)35(80)47(21(9-68)100-53)105-59-45(90)50(33(78)23(102-59)11-92-56-42(87)38(83)29(74)17(5-64)96-56)107-60-51(40(85)31(76)19(7-66)99-60)108-54-27(63-16(4)72)36(81)46(22(10-69)101-54)104-58-44(89)49(32(77)20(8-67)98-58)106-57-43(88)39(84)30(75)18(6-65)97-57/h13,17-60,64-69,73-91H,5-12H2,1-4H3,(H,61,70)(H,62,71)(H,63,72)/t13-,17+,18+,19+,20+,21+,22+,23+,24+,25+,26+,27+,28+,29+,30-,31+,32-,33+,34+,35+,36+,37+,38-,39-,40-,41-,42-,43+,44+,45-,46+,47+,48+,49-,50-,51-,52?,53-,54-,55+,56-,57+,58-,59-,60+/m0/s1. The molecule has 0 aromatic rings. The average molecular weight is 1580 g/mol. The Hall–Kier alpha value is -3.27. The molecule has 108 heavy (non-hydrogen) atoms. The molecule has 0 radical (unpaired) electrons. The molecule has 48 heteroatoms. The van der Waals surface area contributed by atoms with Crippen molar-refractivity contribution in [3.8, 4) is 0 Å². The molecule has 9 fully saturated rings. The smallest absolute Gasteiger partial charge is 0.217 e. The third-order valence-corrected chi connectivity index (χ3v) is 19.9. The quantitative estimate of drug-likeness (QED) is 0.0363. The van der Waals surface area contributed by atoms with Gasteiger partial charge in [0.25, 0.3) is 0 Å². The fourth-order valence-corrected chi connectivity index (χ4v) is 13.9. The van der Waals surface area contributed by atoms with Crippen LogP contribution in [0.2, 0.25) is 0 Å². The Morgan fingerprint density at radius 1 is 0.259 bits per heavy atom. The Balaban J connectivity index is 0.994. The molecule has 45 atom stereocenters. The zero-order chi connectivity index (χ0) is 79.5. The maximum Gasteiger partial charge on any atom is 0.217 e. The third-order valence-electron chi connectivity index (χ3n) is 19.9. The Morgan fingerprint density at radius 3 is 1.01 bits per heavy atom. The zero-order valence-electron chi connectivity index (χ0n) is 58.0. The van der Waals surface area contributed by atoms with E-state index in [4.69, 9.17) is 80.5 Å². The second-order valence-corrected chi connectivity index (χ2v) is 27.5. The van der Waals surface area contributed by atoms with E-state index in [1.807, 2.05) is 0 Å². The minimum absolute atomic E-state index is 0.814. The van der Waals surface area contributed by atoms with Crippen LogP contribution in [-0.4, -0.2) is 474 Å². The van der Waals surface area contributed by atoms with Gasteiger partial charge in [0.1, 0.15) is 213 Å². The molecule has 0 aromatic heterocycles. The fraction of sp³-hybridized carbons (Fsp3) is 0.950. The molecule has 0 spiro atoms. The minimum atomic E-state index is -2.52. The Morgan fingerprint density at radius 2 is 0.556 bits per heavy atom. The Labute approximate surface area is 611 Å². The van der Waals surface area contributed by atoms with E-state index in [0.29, 0.717) is 0 Å². The van der Waals surface area contributed by atoms with Crippen LogP contribution in [0.25, 0.3) is 0 Å². The maximum atomic E-state index is 13.1. The summed E-state index contributed by atoms with van der Waals surface area (Å²) >= 11 is 0. The number of carbonyl (C=O) groups is 3. The van der Waals surface area contributed by atoms with Gasteiger partial charge < -0.3 is 224 Å². The molecule has 9 aliphatic rings. The van der Waals surface area contributed by atoms with Crippen LogP contribution in [0.4, 0.5) is 0 Å².